The first-order valence-corrected chi connectivity index (χ1v) is 10.4. The van der Waals surface area contributed by atoms with Gasteiger partial charge < -0.3 is 10.1 Å². The maximum atomic E-state index is 14.5. The highest BCUT2D eigenvalue weighted by atomic mass is 19.1. The molecule has 5 aromatic rings. The molecule has 0 unspecified atom stereocenters. The molecular formula is C23H15F2N7O2. The van der Waals surface area contributed by atoms with Gasteiger partial charge in [0.15, 0.2) is 11.3 Å². The first kappa shape index (κ1) is 20.2. The van der Waals surface area contributed by atoms with Crippen LogP contribution in [0.1, 0.15) is 36.1 Å². The molecule has 0 radical (unpaired) electrons. The number of hydrogen-bond donors (Lipinski definition) is 2. The number of imidazole rings is 2. The SMILES string of the molecule is [C-]#[N+]c1ccc2ncn(-c3ncc4[nH]c(=O)n([C@@H]5CC[C@@H](O)c6c(F)cc(F)cc65)c4n3)c2c1. The maximum absolute atomic E-state index is 14.5. The van der Waals surface area contributed by atoms with Crippen molar-refractivity contribution < 1.29 is 13.9 Å². The van der Waals surface area contributed by atoms with E-state index in [1.165, 1.54) is 17.1 Å². The molecule has 2 aromatic carbocycles. The fraction of sp³-hybridized carbons (Fsp3) is 0.174. The number of nitrogens with zero attached hydrogens (tertiary/aromatic N) is 6. The highest BCUT2D eigenvalue weighted by molar-refractivity contribution is 5.81. The lowest BCUT2D eigenvalue weighted by molar-refractivity contribution is 0.142. The summed E-state index contributed by atoms with van der Waals surface area (Å²) >= 11 is 0. The second kappa shape index (κ2) is 7.29. The van der Waals surface area contributed by atoms with Crippen LogP contribution in [-0.4, -0.2) is 34.2 Å². The third-order valence-electron chi connectivity index (χ3n) is 6.16. The fourth-order valence-corrected chi connectivity index (χ4v) is 4.65. The van der Waals surface area contributed by atoms with Crippen LogP contribution in [0.4, 0.5) is 14.5 Å². The van der Waals surface area contributed by atoms with Crippen LogP contribution in [0, 0.1) is 18.2 Å². The van der Waals surface area contributed by atoms with Gasteiger partial charge >= 0.3 is 5.69 Å². The number of aliphatic hydroxyl groups is 1. The fourth-order valence-electron chi connectivity index (χ4n) is 4.65. The molecule has 0 saturated carbocycles. The van der Waals surface area contributed by atoms with Crippen LogP contribution in [0.5, 0.6) is 0 Å². The summed E-state index contributed by atoms with van der Waals surface area (Å²) in [5, 5.41) is 10.3. The van der Waals surface area contributed by atoms with Gasteiger partial charge in [-0.1, -0.05) is 6.07 Å². The van der Waals surface area contributed by atoms with Crippen LogP contribution in [0.15, 0.2) is 47.7 Å². The van der Waals surface area contributed by atoms with Gasteiger partial charge in [0.05, 0.1) is 35.9 Å². The van der Waals surface area contributed by atoms with Crippen molar-refractivity contribution in [1.82, 2.24) is 29.1 Å². The lowest BCUT2D eigenvalue weighted by Crippen LogP contribution is -2.28. The Labute approximate surface area is 189 Å². The summed E-state index contributed by atoms with van der Waals surface area (Å²) in [7, 11) is 0. The average Bonchev–Trinajstić information content (AvgIpc) is 3.38. The molecule has 0 fully saturated rings. The molecule has 0 spiro atoms. The third-order valence-corrected chi connectivity index (χ3v) is 6.16. The standard InChI is InChI=1S/C23H15F2N7O2/c1-26-12-2-3-15-18(8-12)31(10-28-15)22-27-9-16-21(30-22)32(23(34)29-16)17-4-5-19(33)20-13(17)6-11(24)7-14(20)25/h2-3,6-10,17,19,33H,4-5H2,(H,29,34)/t17-,19-/m1/s1. The van der Waals surface area contributed by atoms with E-state index in [4.69, 9.17) is 6.57 Å². The minimum atomic E-state index is -1.09. The molecule has 1 aliphatic rings. The molecule has 2 N–H and O–H groups in total. The highest BCUT2D eigenvalue weighted by Crippen LogP contribution is 2.40. The number of aliphatic hydroxyl groups excluding tert-OH is 1. The Bertz CT molecular complexity index is 1710. The zero-order chi connectivity index (χ0) is 23.6. The van der Waals surface area contributed by atoms with Gasteiger partial charge in [0, 0.05) is 11.6 Å². The summed E-state index contributed by atoms with van der Waals surface area (Å²) in [5.74, 6) is -1.43. The number of rotatable bonds is 2. The van der Waals surface area contributed by atoms with E-state index >= 15 is 0 Å². The molecule has 3 aromatic heterocycles. The monoisotopic (exact) mass is 459 g/mol. The number of H-pyrrole nitrogens is 1. The van der Waals surface area contributed by atoms with Gasteiger partial charge in [-0.2, -0.15) is 4.98 Å². The number of fused-ring (bicyclic) bond motifs is 3. The topological polar surface area (TPSA) is 106 Å². The number of halogens is 2. The molecule has 2 atom stereocenters. The summed E-state index contributed by atoms with van der Waals surface area (Å²) in [4.78, 5) is 32.3. The third kappa shape index (κ3) is 2.93. The van der Waals surface area contributed by atoms with Crippen molar-refractivity contribution in [2.45, 2.75) is 25.0 Å². The smallest absolute Gasteiger partial charge is 0.328 e. The molecule has 6 rings (SSSR count). The lowest BCUT2D eigenvalue weighted by Gasteiger charge is -2.29. The summed E-state index contributed by atoms with van der Waals surface area (Å²) in [6.45, 7) is 7.25. The Kier molecular flexibility index (Phi) is 4.33. The van der Waals surface area contributed by atoms with Crippen LogP contribution in [0.2, 0.25) is 0 Å². The summed E-state index contributed by atoms with van der Waals surface area (Å²) in [6.07, 6.45) is 2.36. The number of aromatic amines is 1. The van der Waals surface area contributed by atoms with E-state index in [1.54, 1.807) is 22.8 Å². The van der Waals surface area contributed by atoms with E-state index < -0.39 is 29.5 Å². The minimum absolute atomic E-state index is 0.0135. The molecule has 1 aliphatic carbocycles. The molecule has 0 bridgehead atoms. The molecule has 0 saturated heterocycles. The Morgan fingerprint density at radius 1 is 1.18 bits per heavy atom. The first-order valence-electron chi connectivity index (χ1n) is 10.4. The Morgan fingerprint density at radius 2 is 2.03 bits per heavy atom. The van der Waals surface area contributed by atoms with Gasteiger partial charge in [-0.15, -0.1) is 0 Å². The maximum Gasteiger partial charge on any atom is 0.328 e. The van der Waals surface area contributed by atoms with Crippen LogP contribution in [0.3, 0.4) is 0 Å². The van der Waals surface area contributed by atoms with Gasteiger partial charge in [0.2, 0.25) is 5.95 Å². The van der Waals surface area contributed by atoms with Crippen molar-refractivity contribution in [3.8, 4) is 5.95 Å². The molecule has 9 nitrogen and oxygen atoms in total. The van der Waals surface area contributed by atoms with E-state index in [0.29, 0.717) is 22.2 Å². The van der Waals surface area contributed by atoms with Crippen LogP contribution >= 0.6 is 0 Å². The van der Waals surface area contributed by atoms with E-state index in [0.717, 1.165) is 12.1 Å². The first-order chi connectivity index (χ1) is 16.4. The lowest BCUT2D eigenvalue weighted by atomic mass is 9.85. The molecule has 0 aliphatic heterocycles. The van der Waals surface area contributed by atoms with Crippen molar-refractivity contribution >= 4 is 27.9 Å². The van der Waals surface area contributed by atoms with Crippen LogP contribution < -0.4 is 5.69 Å². The normalized spacial score (nSPS) is 17.7. The van der Waals surface area contributed by atoms with Crippen LogP contribution in [-0.2, 0) is 0 Å². The molecule has 0 amide bonds. The van der Waals surface area contributed by atoms with E-state index in [1.807, 2.05) is 0 Å². The van der Waals surface area contributed by atoms with Crippen molar-refractivity contribution in [2.75, 3.05) is 0 Å². The largest absolute Gasteiger partial charge is 0.388 e. The van der Waals surface area contributed by atoms with Crippen molar-refractivity contribution in [3.05, 3.63) is 87.5 Å². The predicted octanol–water partition coefficient (Wildman–Crippen LogP) is 3.70. The summed E-state index contributed by atoms with van der Waals surface area (Å²) in [5.41, 5.74) is 1.96. The Balaban J connectivity index is 1.56. The quantitative estimate of drug-likeness (QED) is 0.392. The molecule has 11 heteroatoms. The molecular weight excluding hydrogens is 444 g/mol. The molecule has 168 valence electrons. The van der Waals surface area contributed by atoms with E-state index in [-0.39, 0.29) is 35.6 Å². The predicted molar refractivity (Wildman–Crippen MR) is 118 cm³/mol. The van der Waals surface area contributed by atoms with Gasteiger partial charge in [-0.05, 0) is 36.6 Å². The number of nitrogens with one attached hydrogen (secondary N) is 1. The van der Waals surface area contributed by atoms with Gasteiger partial charge in [0.25, 0.3) is 0 Å². The number of hydrogen-bond acceptors (Lipinski definition) is 5. The zero-order valence-electron chi connectivity index (χ0n) is 17.4. The van der Waals surface area contributed by atoms with E-state index in [9.17, 15) is 18.7 Å². The minimum Gasteiger partial charge on any atom is -0.388 e. The van der Waals surface area contributed by atoms with Gasteiger partial charge in [-0.3, -0.25) is 9.13 Å². The Morgan fingerprint density at radius 3 is 2.85 bits per heavy atom. The van der Waals surface area contributed by atoms with E-state index in [2.05, 4.69) is 24.8 Å². The molecule has 34 heavy (non-hydrogen) atoms. The number of benzene rings is 2. The second-order valence-electron chi connectivity index (χ2n) is 8.11. The second-order valence-corrected chi connectivity index (χ2v) is 8.11. The highest BCUT2D eigenvalue weighted by Gasteiger charge is 2.33. The number of aromatic nitrogens is 6. The van der Waals surface area contributed by atoms with Crippen molar-refractivity contribution in [2.24, 2.45) is 0 Å². The van der Waals surface area contributed by atoms with Crippen molar-refractivity contribution in [1.29, 1.82) is 0 Å². The summed E-state index contributed by atoms with van der Waals surface area (Å²) < 4.78 is 31.6. The zero-order valence-corrected chi connectivity index (χ0v) is 17.4. The Hall–Kier alpha value is -4.43. The molecule has 3 heterocycles. The van der Waals surface area contributed by atoms with Crippen LogP contribution in [0.25, 0.3) is 33.0 Å². The van der Waals surface area contributed by atoms with Crippen molar-refractivity contribution in [3.63, 3.8) is 0 Å². The summed E-state index contributed by atoms with van der Waals surface area (Å²) in [6, 6.07) is 6.18. The average molecular weight is 459 g/mol. The van der Waals surface area contributed by atoms with Gasteiger partial charge in [0.1, 0.15) is 23.5 Å². The van der Waals surface area contributed by atoms with Gasteiger partial charge in [-0.25, -0.2) is 28.4 Å².